The maximum absolute atomic E-state index is 13.1. The molecule has 1 saturated heterocycles. The molecule has 0 radical (unpaired) electrons. The molecule has 3 atom stereocenters. The van der Waals surface area contributed by atoms with E-state index in [1.165, 1.54) is 0 Å². The van der Waals surface area contributed by atoms with Gasteiger partial charge in [-0.1, -0.05) is 29.8 Å². The quantitative estimate of drug-likeness (QED) is 0.801. The summed E-state index contributed by atoms with van der Waals surface area (Å²) in [5.74, 6) is 0.438. The average molecular weight is 378 g/mol. The summed E-state index contributed by atoms with van der Waals surface area (Å²) in [7, 11) is -3.57. The standard InChI is InChI=1S/C20H27NO4S/c1-15-5-7-19(8-6-15)26(24,25)21-11-9-17-12-18(23)13-20(17,14-21)10-3-4-16(2)22/h3-8,16-17,22H,9-14H2,1-2H3/b4-3+/t16-,17-,20-/m0/s1. The van der Waals surface area contributed by atoms with E-state index in [9.17, 15) is 18.3 Å². The van der Waals surface area contributed by atoms with Crippen molar-refractivity contribution in [3.8, 4) is 0 Å². The number of hydrogen-bond acceptors (Lipinski definition) is 4. The monoisotopic (exact) mass is 377 g/mol. The SMILES string of the molecule is Cc1ccc(S(=O)(=O)N2CC[C@H]3CC(=O)C[C@@]3(C/C=C/[C@H](C)O)C2)cc1. The van der Waals surface area contributed by atoms with Crippen LogP contribution in [0, 0.1) is 18.3 Å². The fourth-order valence-corrected chi connectivity index (χ4v) is 5.84. The van der Waals surface area contributed by atoms with Gasteiger partial charge >= 0.3 is 0 Å². The number of aryl methyl sites for hydroxylation is 1. The summed E-state index contributed by atoms with van der Waals surface area (Å²) in [5.41, 5.74) is 0.669. The Balaban J connectivity index is 1.87. The van der Waals surface area contributed by atoms with Gasteiger partial charge in [-0.05, 0) is 50.2 Å². The number of aliphatic hydroxyl groups is 1. The number of piperidine rings is 1. The van der Waals surface area contributed by atoms with Crippen molar-refractivity contribution in [2.24, 2.45) is 11.3 Å². The molecule has 1 aromatic carbocycles. The number of ketones is 1. The third-order valence-corrected chi connectivity index (χ3v) is 7.56. The minimum absolute atomic E-state index is 0.218. The molecule has 6 heteroatoms. The zero-order valence-electron chi connectivity index (χ0n) is 15.4. The van der Waals surface area contributed by atoms with E-state index in [1.807, 2.05) is 13.0 Å². The number of allylic oxidation sites excluding steroid dienone is 1. The number of hydrogen-bond donors (Lipinski definition) is 1. The van der Waals surface area contributed by atoms with Crippen molar-refractivity contribution in [3.05, 3.63) is 42.0 Å². The molecule has 1 N–H and O–H groups in total. The number of Topliss-reactive ketones (excluding diaryl/α,β-unsaturated/α-hetero) is 1. The molecule has 2 fully saturated rings. The van der Waals surface area contributed by atoms with E-state index in [-0.39, 0.29) is 17.1 Å². The summed E-state index contributed by atoms with van der Waals surface area (Å²) in [6.45, 7) is 4.43. The van der Waals surface area contributed by atoms with Gasteiger partial charge in [0.25, 0.3) is 0 Å². The van der Waals surface area contributed by atoms with Crippen LogP contribution < -0.4 is 0 Å². The Kier molecular flexibility index (Phi) is 5.37. The first-order valence-electron chi connectivity index (χ1n) is 9.16. The first-order chi connectivity index (χ1) is 12.2. The molecule has 3 rings (SSSR count). The summed E-state index contributed by atoms with van der Waals surface area (Å²) < 4.78 is 27.7. The van der Waals surface area contributed by atoms with Crippen LogP contribution in [0.2, 0.25) is 0 Å². The lowest BCUT2D eigenvalue weighted by Gasteiger charge is -2.43. The normalized spacial score (nSPS) is 28.4. The summed E-state index contributed by atoms with van der Waals surface area (Å²) in [6.07, 6.45) is 5.36. The zero-order chi connectivity index (χ0) is 18.9. The summed E-state index contributed by atoms with van der Waals surface area (Å²) in [4.78, 5) is 12.4. The Labute approximate surface area is 155 Å². The van der Waals surface area contributed by atoms with Crippen LogP contribution >= 0.6 is 0 Å². The van der Waals surface area contributed by atoms with Crippen molar-refractivity contribution < 1.29 is 18.3 Å². The second-order valence-corrected chi connectivity index (χ2v) is 9.73. The van der Waals surface area contributed by atoms with Gasteiger partial charge in [-0.2, -0.15) is 4.31 Å². The van der Waals surface area contributed by atoms with E-state index in [0.29, 0.717) is 43.7 Å². The minimum atomic E-state index is -3.57. The summed E-state index contributed by atoms with van der Waals surface area (Å²) in [6, 6.07) is 6.91. The predicted octanol–water partition coefficient (Wildman–Crippen LogP) is 2.68. The third-order valence-electron chi connectivity index (χ3n) is 5.71. The highest BCUT2D eigenvalue weighted by Crippen LogP contribution is 2.50. The van der Waals surface area contributed by atoms with E-state index in [4.69, 9.17) is 0 Å². The molecule has 1 aliphatic heterocycles. The van der Waals surface area contributed by atoms with Crippen LogP contribution in [-0.2, 0) is 14.8 Å². The fourth-order valence-electron chi connectivity index (χ4n) is 4.29. The van der Waals surface area contributed by atoms with Gasteiger partial charge in [0, 0.05) is 25.9 Å². The van der Waals surface area contributed by atoms with Crippen LogP contribution in [0.25, 0.3) is 0 Å². The molecule has 0 aromatic heterocycles. The number of carbonyl (C=O) groups excluding carboxylic acids is 1. The highest BCUT2D eigenvalue weighted by molar-refractivity contribution is 7.89. The molecule has 1 saturated carbocycles. The van der Waals surface area contributed by atoms with E-state index < -0.39 is 16.1 Å². The van der Waals surface area contributed by atoms with E-state index in [0.717, 1.165) is 5.56 Å². The molecule has 0 bridgehead atoms. The average Bonchev–Trinajstić information content (AvgIpc) is 2.89. The molecule has 0 amide bonds. The minimum Gasteiger partial charge on any atom is -0.389 e. The first kappa shape index (κ1) is 19.3. The molecule has 5 nitrogen and oxygen atoms in total. The first-order valence-corrected chi connectivity index (χ1v) is 10.6. The maximum Gasteiger partial charge on any atom is 0.243 e. The van der Waals surface area contributed by atoms with Crippen molar-refractivity contribution in [2.75, 3.05) is 13.1 Å². The van der Waals surface area contributed by atoms with Gasteiger partial charge in [0.05, 0.1) is 11.0 Å². The Morgan fingerprint density at radius 3 is 2.69 bits per heavy atom. The van der Waals surface area contributed by atoms with E-state index in [1.54, 1.807) is 41.6 Å². The molecule has 0 spiro atoms. The van der Waals surface area contributed by atoms with Crippen LogP contribution in [0.3, 0.4) is 0 Å². The van der Waals surface area contributed by atoms with E-state index in [2.05, 4.69) is 0 Å². The molecule has 2 aliphatic rings. The Bertz CT molecular complexity index is 798. The van der Waals surface area contributed by atoms with Crippen LogP contribution in [0.15, 0.2) is 41.3 Å². The highest BCUT2D eigenvalue weighted by Gasteiger charge is 2.51. The maximum atomic E-state index is 13.1. The van der Waals surface area contributed by atoms with Crippen LogP contribution in [-0.4, -0.2) is 42.8 Å². The number of aliphatic hydroxyl groups excluding tert-OH is 1. The highest BCUT2D eigenvalue weighted by atomic mass is 32.2. The third kappa shape index (κ3) is 3.77. The number of sulfonamides is 1. The van der Waals surface area contributed by atoms with Gasteiger partial charge in [0.1, 0.15) is 5.78 Å². The number of rotatable bonds is 5. The zero-order valence-corrected chi connectivity index (χ0v) is 16.2. The van der Waals surface area contributed by atoms with Gasteiger partial charge in [-0.25, -0.2) is 8.42 Å². The second kappa shape index (κ2) is 7.25. The van der Waals surface area contributed by atoms with Gasteiger partial charge in [-0.15, -0.1) is 0 Å². The summed E-state index contributed by atoms with van der Waals surface area (Å²) in [5, 5.41) is 9.46. The van der Waals surface area contributed by atoms with Crippen molar-refractivity contribution in [1.82, 2.24) is 4.31 Å². The number of carbonyl (C=O) groups is 1. The summed E-state index contributed by atoms with van der Waals surface area (Å²) >= 11 is 0. The van der Waals surface area contributed by atoms with Gasteiger partial charge in [-0.3, -0.25) is 4.79 Å². The molecule has 142 valence electrons. The second-order valence-electron chi connectivity index (χ2n) is 7.79. The van der Waals surface area contributed by atoms with Crippen molar-refractivity contribution in [1.29, 1.82) is 0 Å². The molecule has 1 aromatic rings. The molecular weight excluding hydrogens is 350 g/mol. The lowest BCUT2D eigenvalue weighted by atomic mass is 9.71. The molecule has 1 heterocycles. The number of nitrogens with zero attached hydrogens (tertiary/aromatic N) is 1. The van der Waals surface area contributed by atoms with E-state index >= 15 is 0 Å². The lowest BCUT2D eigenvalue weighted by Crippen LogP contribution is -2.48. The van der Waals surface area contributed by atoms with Gasteiger partial charge in [0.15, 0.2) is 0 Å². The Morgan fingerprint density at radius 1 is 1.35 bits per heavy atom. The molecule has 0 unspecified atom stereocenters. The van der Waals surface area contributed by atoms with Crippen molar-refractivity contribution in [2.45, 2.75) is 50.5 Å². The molecule has 1 aliphatic carbocycles. The smallest absolute Gasteiger partial charge is 0.243 e. The topological polar surface area (TPSA) is 74.7 Å². The van der Waals surface area contributed by atoms with Crippen molar-refractivity contribution >= 4 is 15.8 Å². The lowest BCUT2D eigenvalue weighted by molar-refractivity contribution is -0.118. The predicted molar refractivity (Wildman–Crippen MR) is 100 cm³/mol. The van der Waals surface area contributed by atoms with Gasteiger partial charge < -0.3 is 5.11 Å². The largest absolute Gasteiger partial charge is 0.389 e. The van der Waals surface area contributed by atoms with Crippen molar-refractivity contribution in [3.63, 3.8) is 0 Å². The molecular formula is C20H27NO4S. The number of benzene rings is 1. The molecule has 26 heavy (non-hydrogen) atoms. The Hall–Kier alpha value is -1.50. The number of fused-ring (bicyclic) bond motifs is 1. The Morgan fingerprint density at radius 2 is 2.04 bits per heavy atom. The fraction of sp³-hybridized carbons (Fsp3) is 0.550. The van der Waals surface area contributed by atoms with Crippen LogP contribution in [0.1, 0.15) is 38.2 Å². The van der Waals surface area contributed by atoms with Crippen LogP contribution in [0.5, 0.6) is 0 Å². The van der Waals surface area contributed by atoms with Gasteiger partial charge in [0.2, 0.25) is 10.0 Å². The van der Waals surface area contributed by atoms with Crippen LogP contribution in [0.4, 0.5) is 0 Å².